The van der Waals surface area contributed by atoms with Crippen LogP contribution in [0.2, 0.25) is 0 Å². The molecular formula is C21H25NO3. The minimum atomic E-state index is -0.991. The van der Waals surface area contributed by atoms with Gasteiger partial charge >= 0.3 is 5.97 Å². The zero-order chi connectivity index (χ0) is 18.6. The minimum absolute atomic E-state index is 0.0225. The first-order valence-electron chi connectivity index (χ1n) is 8.31. The zero-order valence-electron chi connectivity index (χ0n) is 15.2. The first kappa shape index (κ1) is 18.9. The van der Waals surface area contributed by atoms with Gasteiger partial charge in [-0.05, 0) is 35.7 Å². The average Bonchev–Trinajstić information content (AvgIpc) is 2.54. The largest absolute Gasteiger partial charge is 0.478 e. The van der Waals surface area contributed by atoms with Gasteiger partial charge in [0, 0.05) is 12.1 Å². The van der Waals surface area contributed by atoms with Crippen molar-refractivity contribution in [2.24, 2.45) is 0 Å². The van der Waals surface area contributed by atoms with Crippen LogP contribution in [-0.4, -0.2) is 35.4 Å². The standard InChI is InChI=1S/C21H25NO3/c1-21(2,3)18-11-5-15(6-12-18)13-22(4)14-19(23)16-7-9-17(10-8-16)20(24)25/h5-12H,13-14H2,1-4H3,(H,24,25). The summed E-state index contributed by atoms with van der Waals surface area (Å²) < 4.78 is 0. The second kappa shape index (κ2) is 7.62. The fourth-order valence-electron chi connectivity index (χ4n) is 2.61. The highest BCUT2D eigenvalue weighted by molar-refractivity contribution is 5.98. The van der Waals surface area contributed by atoms with Crippen LogP contribution in [0.1, 0.15) is 52.6 Å². The van der Waals surface area contributed by atoms with Gasteiger partial charge in [0.25, 0.3) is 0 Å². The quantitative estimate of drug-likeness (QED) is 0.808. The van der Waals surface area contributed by atoms with Crippen LogP contribution in [-0.2, 0) is 12.0 Å². The van der Waals surface area contributed by atoms with E-state index in [-0.39, 0.29) is 23.3 Å². The molecule has 0 fully saturated rings. The number of Topliss-reactive ketones (excluding diaryl/α,β-unsaturated/α-hetero) is 1. The van der Waals surface area contributed by atoms with Crippen LogP contribution in [0.25, 0.3) is 0 Å². The number of aromatic carboxylic acids is 1. The van der Waals surface area contributed by atoms with Gasteiger partial charge < -0.3 is 5.11 Å². The molecule has 0 aliphatic carbocycles. The van der Waals surface area contributed by atoms with Crippen molar-refractivity contribution in [3.8, 4) is 0 Å². The van der Waals surface area contributed by atoms with Crippen molar-refractivity contribution in [3.63, 3.8) is 0 Å². The number of carbonyl (C=O) groups excluding carboxylic acids is 1. The third kappa shape index (κ3) is 5.26. The molecule has 25 heavy (non-hydrogen) atoms. The smallest absolute Gasteiger partial charge is 0.335 e. The number of carbonyl (C=O) groups is 2. The maximum absolute atomic E-state index is 12.3. The number of nitrogens with zero attached hydrogens (tertiary/aromatic N) is 1. The molecule has 0 aromatic heterocycles. The molecule has 0 unspecified atom stereocenters. The second-order valence-corrected chi connectivity index (χ2v) is 7.42. The van der Waals surface area contributed by atoms with Gasteiger partial charge in [0.05, 0.1) is 12.1 Å². The van der Waals surface area contributed by atoms with Gasteiger partial charge in [0.15, 0.2) is 5.78 Å². The number of ketones is 1. The number of benzene rings is 2. The number of hydrogen-bond donors (Lipinski definition) is 1. The van der Waals surface area contributed by atoms with Gasteiger partial charge in [-0.25, -0.2) is 4.79 Å². The predicted octanol–water partition coefficient (Wildman–Crippen LogP) is 4.00. The Bertz CT molecular complexity index is 740. The lowest BCUT2D eigenvalue weighted by Crippen LogP contribution is -2.25. The Morgan fingerprint density at radius 1 is 0.920 bits per heavy atom. The molecule has 4 nitrogen and oxygen atoms in total. The SMILES string of the molecule is CN(CC(=O)c1ccc(C(=O)O)cc1)Cc1ccc(C(C)(C)C)cc1. The van der Waals surface area contributed by atoms with Crippen molar-refractivity contribution in [1.29, 1.82) is 0 Å². The molecule has 0 radical (unpaired) electrons. The first-order valence-corrected chi connectivity index (χ1v) is 8.31. The van der Waals surface area contributed by atoms with E-state index in [0.29, 0.717) is 12.1 Å². The lowest BCUT2D eigenvalue weighted by molar-refractivity contribution is 0.0696. The fourth-order valence-corrected chi connectivity index (χ4v) is 2.61. The minimum Gasteiger partial charge on any atom is -0.478 e. The number of rotatable bonds is 6. The summed E-state index contributed by atoms with van der Waals surface area (Å²) in [6, 6.07) is 14.5. The molecule has 0 saturated heterocycles. The lowest BCUT2D eigenvalue weighted by atomic mass is 9.87. The monoisotopic (exact) mass is 339 g/mol. The molecule has 0 heterocycles. The maximum atomic E-state index is 12.3. The lowest BCUT2D eigenvalue weighted by Gasteiger charge is -2.20. The second-order valence-electron chi connectivity index (χ2n) is 7.42. The average molecular weight is 339 g/mol. The van der Waals surface area contributed by atoms with Gasteiger partial charge in [-0.1, -0.05) is 57.2 Å². The molecule has 0 saturated carbocycles. The Hall–Kier alpha value is -2.46. The van der Waals surface area contributed by atoms with E-state index in [0.717, 1.165) is 5.56 Å². The topological polar surface area (TPSA) is 57.6 Å². The number of likely N-dealkylation sites (N-methyl/N-ethyl adjacent to an activating group) is 1. The Morgan fingerprint density at radius 2 is 1.44 bits per heavy atom. The fraction of sp³-hybridized carbons (Fsp3) is 0.333. The van der Waals surface area contributed by atoms with Gasteiger partial charge in [0.1, 0.15) is 0 Å². The van der Waals surface area contributed by atoms with E-state index < -0.39 is 5.97 Å². The Kier molecular flexibility index (Phi) is 5.75. The molecule has 0 aliphatic rings. The molecule has 2 aromatic rings. The normalized spacial score (nSPS) is 11.6. The van der Waals surface area contributed by atoms with Crippen molar-refractivity contribution >= 4 is 11.8 Å². The number of hydrogen-bond acceptors (Lipinski definition) is 3. The Morgan fingerprint density at radius 3 is 1.92 bits per heavy atom. The molecular weight excluding hydrogens is 314 g/mol. The highest BCUT2D eigenvalue weighted by Crippen LogP contribution is 2.22. The van der Waals surface area contributed by atoms with Crippen LogP contribution in [0.3, 0.4) is 0 Å². The number of carboxylic acid groups (broad SMARTS) is 1. The van der Waals surface area contributed by atoms with E-state index in [2.05, 4.69) is 45.0 Å². The summed E-state index contributed by atoms with van der Waals surface area (Å²) in [6.07, 6.45) is 0. The van der Waals surface area contributed by atoms with E-state index in [1.165, 1.54) is 17.7 Å². The summed E-state index contributed by atoms with van der Waals surface area (Å²) in [4.78, 5) is 25.1. The Balaban J connectivity index is 1.96. The molecule has 1 N–H and O–H groups in total. The summed E-state index contributed by atoms with van der Waals surface area (Å²) in [7, 11) is 1.90. The van der Waals surface area contributed by atoms with Crippen LogP contribution in [0.4, 0.5) is 0 Å². The van der Waals surface area contributed by atoms with E-state index in [1.807, 2.05) is 11.9 Å². The predicted molar refractivity (Wildman–Crippen MR) is 99.2 cm³/mol. The molecule has 0 atom stereocenters. The summed E-state index contributed by atoms with van der Waals surface area (Å²) in [5.41, 5.74) is 3.28. The van der Waals surface area contributed by atoms with Crippen molar-refractivity contribution in [2.45, 2.75) is 32.7 Å². The molecule has 132 valence electrons. The third-order valence-electron chi connectivity index (χ3n) is 4.14. The van der Waals surface area contributed by atoms with Crippen molar-refractivity contribution in [1.82, 2.24) is 4.90 Å². The van der Waals surface area contributed by atoms with Crippen molar-refractivity contribution < 1.29 is 14.7 Å². The summed E-state index contributed by atoms with van der Waals surface area (Å²) in [5.74, 6) is -1.01. The van der Waals surface area contributed by atoms with E-state index in [4.69, 9.17) is 5.11 Å². The zero-order valence-corrected chi connectivity index (χ0v) is 15.2. The van der Waals surface area contributed by atoms with Gasteiger partial charge in [-0.2, -0.15) is 0 Å². The van der Waals surface area contributed by atoms with Crippen LogP contribution in [0, 0.1) is 0 Å². The molecule has 2 rings (SSSR count). The van der Waals surface area contributed by atoms with Gasteiger partial charge in [0.2, 0.25) is 0 Å². The molecule has 0 aliphatic heterocycles. The van der Waals surface area contributed by atoms with Crippen molar-refractivity contribution in [2.75, 3.05) is 13.6 Å². The van der Waals surface area contributed by atoms with E-state index >= 15 is 0 Å². The van der Waals surface area contributed by atoms with Crippen LogP contribution >= 0.6 is 0 Å². The number of carboxylic acids is 1. The van der Waals surface area contributed by atoms with Crippen LogP contribution in [0.5, 0.6) is 0 Å². The highest BCUT2D eigenvalue weighted by Gasteiger charge is 2.14. The summed E-state index contributed by atoms with van der Waals surface area (Å²) >= 11 is 0. The van der Waals surface area contributed by atoms with Crippen molar-refractivity contribution in [3.05, 3.63) is 70.8 Å². The van der Waals surface area contributed by atoms with Gasteiger partial charge in [-0.15, -0.1) is 0 Å². The van der Waals surface area contributed by atoms with Crippen LogP contribution < -0.4 is 0 Å². The summed E-state index contributed by atoms with van der Waals surface area (Å²) in [5, 5.41) is 8.90. The maximum Gasteiger partial charge on any atom is 0.335 e. The molecule has 0 amide bonds. The molecule has 4 heteroatoms. The van der Waals surface area contributed by atoms with Gasteiger partial charge in [-0.3, -0.25) is 9.69 Å². The molecule has 2 aromatic carbocycles. The highest BCUT2D eigenvalue weighted by atomic mass is 16.4. The van der Waals surface area contributed by atoms with E-state index in [9.17, 15) is 9.59 Å². The molecule has 0 spiro atoms. The third-order valence-corrected chi connectivity index (χ3v) is 4.14. The Labute approximate surface area is 149 Å². The first-order chi connectivity index (χ1) is 11.7. The summed E-state index contributed by atoms with van der Waals surface area (Å²) in [6.45, 7) is 7.52. The molecule has 0 bridgehead atoms. The van der Waals surface area contributed by atoms with Crippen LogP contribution in [0.15, 0.2) is 48.5 Å². The van der Waals surface area contributed by atoms with E-state index in [1.54, 1.807) is 12.1 Å².